The number of aromatic nitrogens is 1. The van der Waals surface area contributed by atoms with Gasteiger partial charge in [0.05, 0.1) is 5.92 Å². The minimum absolute atomic E-state index is 0.0595. The van der Waals surface area contributed by atoms with Crippen LogP contribution in [0.15, 0.2) is 48.0 Å². The third kappa shape index (κ3) is 6.57. The van der Waals surface area contributed by atoms with Crippen LogP contribution in [0.3, 0.4) is 0 Å². The number of piperidine rings is 1. The fraction of sp³-hybridized carbons (Fsp3) is 0.481. The standard InChI is InChI=1S/C27H33N3O4S/c1-20(25(32)30(27-28-16-19-35-27)23-10-6-3-7-11-23)34-26(33)22-14-17-29(18-15-22)24(31)13-12-21-8-4-2-5-9-21/h2,4-5,8-9,12-13,16,19-20,22-23H,3,6-7,10-11,14-15,17-18H2,1H3/b13-12+. The van der Waals surface area contributed by atoms with Gasteiger partial charge >= 0.3 is 5.97 Å². The second kappa shape index (κ2) is 12.1. The van der Waals surface area contributed by atoms with Crippen LogP contribution in [-0.4, -0.2) is 52.9 Å². The zero-order valence-corrected chi connectivity index (χ0v) is 21.0. The lowest BCUT2D eigenvalue weighted by Gasteiger charge is -2.34. The third-order valence-electron chi connectivity index (χ3n) is 6.80. The zero-order chi connectivity index (χ0) is 24.6. The van der Waals surface area contributed by atoms with Crippen LogP contribution < -0.4 is 4.90 Å². The van der Waals surface area contributed by atoms with Crippen molar-refractivity contribution in [2.75, 3.05) is 18.0 Å². The number of likely N-dealkylation sites (tertiary alicyclic amines) is 1. The van der Waals surface area contributed by atoms with E-state index in [0.29, 0.717) is 31.1 Å². The van der Waals surface area contributed by atoms with Gasteiger partial charge < -0.3 is 9.64 Å². The van der Waals surface area contributed by atoms with Crippen LogP contribution in [0.2, 0.25) is 0 Å². The molecular formula is C27H33N3O4S. The summed E-state index contributed by atoms with van der Waals surface area (Å²) in [5.74, 6) is -0.939. The summed E-state index contributed by atoms with van der Waals surface area (Å²) in [6, 6.07) is 9.78. The van der Waals surface area contributed by atoms with Crippen LogP contribution >= 0.6 is 11.3 Å². The lowest BCUT2D eigenvalue weighted by Crippen LogP contribution is -2.48. The van der Waals surface area contributed by atoms with Gasteiger partial charge in [0.1, 0.15) is 0 Å². The highest BCUT2D eigenvalue weighted by atomic mass is 32.1. The van der Waals surface area contributed by atoms with Crippen molar-refractivity contribution in [3.63, 3.8) is 0 Å². The highest BCUT2D eigenvalue weighted by molar-refractivity contribution is 7.13. The first-order valence-corrected chi connectivity index (χ1v) is 13.4. The van der Waals surface area contributed by atoms with E-state index < -0.39 is 6.10 Å². The Kier molecular flexibility index (Phi) is 8.69. The Morgan fingerprint density at radius 2 is 1.80 bits per heavy atom. The first-order chi connectivity index (χ1) is 17.0. The topological polar surface area (TPSA) is 79.8 Å². The Labute approximate surface area is 210 Å². The van der Waals surface area contributed by atoms with Crippen LogP contribution in [0, 0.1) is 5.92 Å². The molecule has 0 spiro atoms. The van der Waals surface area contributed by atoms with Crippen LogP contribution in [0.25, 0.3) is 6.08 Å². The minimum atomic E-state index is -0.873. The SMILES string of the molecule is CC(OC(=O)C1CCN(C(=O)/C=C/c2ccccc2)CC1)C(=O)N(c1nccs1)C1CCCCC1. The molecule has 2 heterocycles. The van der Waals surface area contributed by atoms with Gasteiger partial charge in [0.25, 0.3) is 5.91 Å². The summed E-state index contributed by atoms with van der Waals surface area (Å²) in [6.45, 7) is 2.64. The van der Waals surface area contributed by atoms with Crippen LogP contribution in [0.5, 0.6) is 0 Å². The summed E-state index contributed by atoms with van der Waals surface area (Å²) in [5, 5.41) is 2.53. The Morgan fingerprint density at radius 1 is 1.09 bits per heavy atom. The van der Waals surface area contributed by atoms with Crippen molar-refractivity contribution < 1.29 is 19.1 Å². The number of thiazole rings is 1. The first kappa shape index (κ1) is 25.1. The lowest BCUT2D eigenvalue weighted by atomic mass is 9.94. The summed E-state index contributed by atoms with van der Waals surface area (Å²) in [5.41, 5.74) is 0.970. The van der Waals surface area contributed by atoms with E-state index in [1.54, 1.807) is 35.1 Å². The summed E-state index contributed by atoms with van der Waals surface area (Å²) < 4.78 is 5.65. The van der Waals surface area contributed by atoms with Gasteiger partial charge in [-0.1, -0.05) is 49.6 Å². The molecular weight excluding hydrogens is 462 g/mol. The van der Waals surface area contributed by atoms with Crippen molar-refractivity contribution in [3.8, 4) is 0 Å². The minimum Gasteiger partial charge on any atom is -0.452 e. The molecule has 8 heteroatoms. The number of carbonyl (C=O) groups is 3. The van der Waals surface area contributed by atoms with Gasteiger partial charge in [-0.05, 0) is 44.2 Å². The van der Waals surface area contributed by atoms with Gasteiger partial charge in [-0.15, -0.1) is 11.3 Å². The molecule has 4 rings (SSSR count). The Morgan fingerprint density at radius 3 is 2.46 bits per heavy atom. The van der Waals surface area contributed by atoms with Crippen LogP contribution in [-0.2, 0) is 19.1 Å². The Balaban J connectivity index is 1.29. The van der Waals surface area contributed by atoms with E-state index in [1.165, 1.54) is 17.8 Å². The number of anilines is 1. The van der Waals surface area contributed by atoms with Gasteiger partial charge in [-0.3, -0.25) is 19.3 Å². The molecule has 1 aromatic heterocycles. The molecule has 7 nitrogen and oxygen atoms in total. The van der Waals surface area contributed by atoms with Crippen molar-refractivity contribution in [2.45, 2.75) is 64.0 Å². The van der Waals surface area contributed by atoms with E-state index in [-0.39, 0.29) is 29.7 Å². The number of amides is 2. The molecule has 2 aliphatic rings. The molecule has 1 unspecified atom stereocenters. The molecule has 186 valence electrons. The number of esters is 1. The molecule has 1 aliphatic heterocycles. The smallest absolute Gasteiger partial charge is 0.309 e. The first-order valence-electron chi connectivity index (χ1n) is 12.5. The second-order valence-corrected chi connectivity index (χ2v) is 10.1. The quantitative estimate of drug-likeness (QED) is 0.411. The van der Waals surface area contributed by atoms with E-state index in [4.69, 9.17) is 4.74 Å². The van der Waals surface area contributed by atoms with Crippen molar-refractivity contribution >= 4 is 40.3 Å². The largest absolute Gasteiger partial charge is 0.452 e. The number of ether oxygens (including phenoxy) is 1. The van der Waals surface area contributed by atoms with Gasteiger partial charge in [0.2, 0.25) is 5.91 Å². The van der Waals surface area contributed by atoms with Crippen LogP contribution in [0.4, 0.5) is 5.13 Å². The normalized spacial score (nSPS) is 18.4. The molecule has 2 amide bonds. The highest BCUT2D eigenvalue weighted by Crippen LogP contribution is 2.30. The average Bonchev–Trinajstić information content (AvgIpc) is 3.43. The van der Waals surface area contributed by atoms with Gasteiger partial charge in [-0.25, -0.2) is 4.98 Å². The fourth-order valence-corrected chi connectivity index (χ4v) is 5.51. The molecule has 0 radical (unpaired) electrons. The Bertz CT molecular complexity index is 1010. The molecule has 1 saturated carbocycles. The molecule has 0 bridgehead atoms. The summed E-state index contributed by atoms with van der Waals surface area (Å²) >= 11 is 1.43. The number of hydrogen-bond donors (Lipinski definition) is 0. The van der Waals surface area contributed by atoms with Gasteiger partial charge in [0.15, 0.2) is 11.2 Å². The maximum Gasteiger partial charge on any atom is 0.309 e. The van der Waals surface area contributed by atoms with Gasteiger partial charge in [0, 0.05) is 36.8 Å². The molecule has 35 heavy (non-hydrogen) atoms. The van der Waals surface area contributed by atoms with E-state index in [1.807, 2.05) is 35.7 Å². The molecule has 1 saturated heterocycles. The average molecular weight is 496 g/mol. The second-order valence-electron chi connectivity index (χ2n) is 9.24. The van der Waals surface area contributed by atoms with Crippen LogP contribution in [0.1, 0.15) is 57.4 Å². The highest BCUT2D eigenvalue weighted by Gasteiger charge is 2.35. The number of rotatable bonds is 7. The van der Waals surface area contributed by atoms with Gasteiger partial charge in [-0.2, -0.15) is 0 Å². The van der Waals surface area contributed by atoms with E-state index >= 15 is 0 Å². The molecule has 1 aliphatic carbocycles. The number of benzene rings is 1. The lowest BCUT2D eigenvalue weighted by molar-refractivity contribution is -0.160. The molecule has 1 aromatic carbocycles. The van der Waals surface area contributed by atoms with Crippen molar-refractivity contribution in [2.24, 2.45) is 5.92 Å². The van der Waals surface area contributed by atoms with Crippen molar-refractivity contribution in [3.05, 3.63) is 53.5 Å². The van der Waals surface area contributed by atoms with E-state index in [9.17, 15) is 14.4 Å². The zero-order valence-electron chi connectivity index (χ0n) is 20.2. The summed E-state index contributed by atoms with van der Waals surface area (Å²) in [7, 11) is 0. The molecule has 2 aromatic rings. The molecule has 0 N–H and O–H groups in total. The predicted octanol–water partition coefficient (Wildman–Crippen LogP) is 4.69. The fourth-order valence-electron chi connectivity index (χ4n) is 4.79. The maximum absolute atomic E-state index is 13.3. The Hall–Kier alpha value is -3.00. The van der Waals surface area contributed by atoms with E-state index in [0.717, 1.165) is 31.2 Å². The number of carbonyl (C=O) groups excluding carboxylic acids is 3. The summed E-state index contributed by atoms with van der Waals surface area (Å²) in [4.78, 5) is 46.6. The van der Waals surface area contributed by atoms with Crippen molar-refractivity contribution in [1.29, 1.82) is 0 Å². The van der Waals surface area contributed by atoms with E-state index in [2.05, 4.69) is 4.98 Å². The predicted molar refractivity (Wildman–Crippen MR) is 137 cm³/mol. The monoisotopic (exact) mass is 495 g/mol. The van der Waals surface area contributed by atoms with Crippen molar-refractivity contribution in [1.82, 2.24) is 9.88 Å². The molecule has 1 atom stereocenters. The third-order valence-corrected chi connectivity index (χ3v) is 7.57. The number of nitrogens with zero attached hydrogens (tertiary/aromatic N) is 3. The maximum atomic E-state index is 13.3. The summed E-state index contributed by atoms with van der Waals surface area (Å²) in [6.07, 6.45) is 10.5. The number of hydrogen-bond acceptors (Lipinski definition) is 6. The molecule has 2 fully saturated rings.